The van der Waals surface area contributed by atoms with Gasteiger partial charge in [-0.3, -0.25) is 4.90 Å². The van der Waals surface area contributed by atoms with Gasteiger partial charge in [-0.1, -0.05) is 25.1 Å². The highest BCUT2D eigenvalue weighted by molar-refractivity contribution is 5.20. The Balaban J connectivity index is 1.59. The van der Waals surface area contributed by atoms with E-state index in [-0.39, 0.29) is 11.7 Å². The summed E-state index contributed by atoms with van der Waals surface area (Å²) in [5, 5.41) is 8.15. The molecular formula is C18H25N3O3. The minimum atomic E-state index is -0.240. The third-order valence-corrected chi connectivity index (χ3v) is 3.90. The summed E-state index contributed by atoms with van der Waals surface area (Å²) in [6, 6.07) is 9.82. The lowest BCUT2D eigenvalue weighted by molar-refractivity contribution is -0.148. The molecule has 0 amide bonds. The predicted molar refractivity (Wildman–Crippen MR) is 89.8 cm³/mol. The van der Waals surface area contributed by atoms with Crippen LogP contribution in [0.5, 0.6) is 5.75 Å². The van der Waals surface area contributed by atoms with Gasteiger partial charge in [-0.25, -0.2) is 0 Å². The Bertz CT molecular complexity index is 642. The first-order valence-corrected chi connectivity index (χ1v) is 8.43. The Morgan fingerprint density at radius 1 is 1.21 bits per heavy atom. The standard InChI is InChI=1S/C18H25N3O3/c1-4-16-19-20-17(23-16)11-21-10-15(24-18(2,3)13-21)12-22-14-8-6-5-7-9-14/h5-9,15H,4,10-13H2,1-3H3/t15-/m1/s1. The molecule has 0 unspecified atom stereocenters. The highest BCUT2D eigenvalue weighted by Gasteiger charge is 2.34. The largest absolute Gasteiger partial charge is 0.491 e. The van der Waals surface area contributed by atoms with Gasteiger partial charge in [-0.05, 0) is 26.0 Å². The molecule has 6 nitrogen and oxygen atoms in total. The zero-order valence-corrected chi connectivity index (χ0v) is 14.6. The van der Waals surface area contributed by atoms with Crippen molar-refractivity contribution in [2.45, 2.75) is 45.4 Å². The lowest BCUT2D eigenvalue weighted by atomic mass is 10.1. The van der Waals surface area contributed by atoms with Gasteiger partial charge in [0.15, 0.2) is 0 Å². The summed E-state index contributed by atoms with van der Waals surface area (Å²) in [7, 11) is 0. The number of rotatable bonds is 6. The quantitative estimate of drug-likeness (QED) is 0.811. The summed E-state index contributed by atoms with van der Waals surface area (Å²) in [5.74, 6) is 2.20. The summed E-state index contributed by atoms with van der Waals surface area (Å²) in [4.78, 5) is 2.29. The molecule has 1 aromatic heterocycles. The molecule has 0 radical (unpaired) electrons. The number of ether oxygens (including phenoxy) is 2. The molecule has 1 aromatic carbocycles. The fourth-order valence-corrected chi connectivity index (χ4v) is 3.02. The molecule has 0 spiro atoms. The van der Waals surface area contributed by atoms with Gasteiger partial charge >= 0.3 is 0 Å². The van der Waals surface area contributed by atoms with Crippen molar-refractivity contribution in [3.63, 3.8) is 0 Å². The van der Waals surface area contributed by atoms with Gasteiger partial charge in [0.05, 0.1) is 12.1 Å². The average Bonchev–Trinajstić information content (AvgIpc) is 3.00. The van der Waals surface area contributed by atoms with Crippen molar-refractivity contribution in [2.75, 3.05) is 19.7 Å². The van der Waals surface area contributed by atoms with Crippen molar-refractivity contribution in [1.82, 2.24) is 15.1 Å². The number of para-hydroxylation sites is 1. The average molecular weight is 331 g/mol. The van der Waals surface area contributed by atoms with Crippen molar-refractivity contribution in [3.05, 3.63) is 42.1 Å². The topological polar surface area (TPSA) is 60.6 Å². The molecule has 2 heterocycles. The van der Waals surface area contributed by atoms with Crippen LogP contribution in [0.15, 0.2) is 34.7 Å². The lowest BCUT2D eigenvalue weighted by Crippen LogP contribution is -2.53. The van der Waals surface area contributed by atoms with E-state index in [0.717, 1.165) is 25.3 Å². The number of aromatic nitrogens is 2. The summed E-state index contributed by atoms with van der Waals surface area (Å²) in [6.07, 6.45) is 0.761. The van der Waals surface area contributed by atoms with Crippen LogP contribution >= 0.6 is 0 Å². The molecule has 6 heteroatoms. The van der Waals surface area contributed by atoms with E-state index in [4.69, 9.17) is 13.9 Å². The number of benzene rings is 1. The minimum absolute atomic E-state index is 0.00234. The molecule has 1 aliphatic heterocycles. The van der Waals surface area contributed by atoms with Gasteiger partial charge < -0.3 is 13.9 Å². The fraction of sp³-hybridized carbons (Fsp3) is 0.556. The first-order valence-electron chi connectivity index (χ1n) is 8.43. The summed E-state index contributed by atoms with van der Waals surface area (Å²) >= 11 is 0. The van der Waals surface area contributed by atoms with Crippen molar-refractivity contribution < 1.29 is 13.9 Å². The molecule has 3 rings (SSSR count). The van der Waals surface area contributed by atoms with Crippen molar-refractivity contribution >= 4 is 0 Å². The molecule has 0 aliphatic carbocycles. The Labute approximate surface area is 142 Å². The second-order valence-corrected chi connectivity index (χ2v) is 6.74. The zero-order chi connectivity index (χ0) is 17.0. The maximum Gasteiger partial charge on any atom is 0.230 e. The van der Waals surface area contributed by atoms with Crippen molar-refractivity contribution in [3.8, 4) is 5.75 Å². The molecule has 0 saturated carbocycles. The molecule has 1 saturated heterocycles. The molecule has 0 N–H and O–H groups in total. The van der Waals surface area contributed by atoms with E-state index in [1.165, 1.54) is 0 Å². The minimum Gasteiger partial charge on any atom is -0.491 e. The Hall–Kier alpha value is -1.92. The van der Waals surface area contributed by atoms with Gasteiger partial charge in [-0.2, -0.15) is 0 Å². The SMILES string of the molecule is CCc1nnc(CN2C[C@H](COc3ccccc3)OC(C)(C)C2)o1. The third-order valence-electron chi connectivity index (χ3n) is 3.90. The summed E-state index contributed by atoms with van der Waals surface area (Å²) < 4.78 is 17.6. The van der Waals surface area contributed by atoms with E-state index < -0.39 is 0 Å². The van der Waals surface area contributed by atoms with Gasteiger partial charge in [-0.15, -0.1) is 10.2 Å². The molecule has 0 bridgehead atoms. The second kappa shape index (κ2) is 7.32. The van der Waals surface area contributed by atoms with Crippen LogP contribution in [-0.4, -0.2) is 46.5 Å². The van der Waals surface area contributed by atoms with Gasteiger partial charge in [0.1, 0.15) is 18.5 Å². The van der Waals surface area contributed by atoms with E-state index in [1.54, 1.807) is 0 Å². The van der Waals surface area contributed by atoms with E-state index in [1.807, 2.05) is 37.3 Å². The van der Waals surface area contributed by atoms with Gasteiger partial charge in [0, 0.05) is 19.5 Å². The van der Waals surface area contributed by atoms with Crippen LogP contribution in [0.3, 0.4) is 0 Å². The van der Waals surface area contributed by atoms with Crippen LogP contribution in [0, 0.1) is 0 Å². The van der Waals surface area contributed by atoms with Crippen molar-refractivity contribution in [1.29, 1.82) is 0 Å². The summed E-state index contributed by atoms with van der Waals surface area (Å²) in [5.41, 5.74) is -0.240. The Morgan fingerprint density at radius 3 is 2.67 bits per heavy atom. The molecule has 1 fully saturated rings. The third kappa shape index (κ3) is 4.55. The number of aryl methyl sites for hydroxylation is 1. The maximum atomic E-state index is 6.16. The number of hydrogen-bond acceptors (Lipinski definition) is 6. The fourth-order valence-electron chi connectivity index (χ4n) is 3.02. The Morgan fingerprint density at radius 2 is 1.96 bits per heavy atom. The molecule has 130 valence electrons. The van der Waals surface area contributed by atoms with Crippen LogP contribution in [0.4, 0.5) is 0 Å². The van der Waals surface area contributed by atoms with Gasteiger partial charge in [0.2, 0.25) is 11.8 Å². The zero-order valence-electron chi connectivity index (χ0n) is 14.6. The number of morpholine rings is 1. The number of hydrogen-bond donors (Lipinski definition) is 0. The normalized spacial score (nSPS) is 20.9. The molecular weight excluding hydrogens is 306 g/mol. The lowest BCUT2D eigenvalue weighted by Gasteiger charge is -2.42. The molecule has 1 aliphatic rings. The van der Waals surface area contributed by atoms with Gasteiger partial charge in [0.25, 0.3) is 0 Å². The van der Waals surface area contributed by atoms with Crippen LogP contribution < -0.4 is 4.74 Å². The molecule has 2 aromatic rings. The highest BCUT2D eigenvalue weighted by Crippen LogP contribution is 2.23. The Kier molecular flexibility index (Phi) is 5.16. The van der Waals surface area contributed by atoms with E-state index in [9.17, 15) is 0 Å². The predicted octanol–water partition coefficient (Wildman–Crippen LogP) is 2.69. The molecule has 24 heavy (non-hydrogen) atoms. The molecule has 1 atom stereocenters. The second-order valence-electron chi connectivity index (χ2n) is 6.74. The van der Waals surface area contributed by atoms with E-state index in [2.05, 4.69) is 28.9 Å². The van der Waals surface area contributed by atoms with Crippen LogP contribution in [-0.2, 0) is 17.7 Å². The first kappa shape index (κ1) is 16.9. The smallest absolute Gasteiger partial charge is 0.230 e. The van der Waals surface area contributed by atoms with Crippen LogP contribution in [0.1, 0.15) is 32.6 Å². The monoisotopic (exact) mass is 331 g/mol. The maximum absolute atomic E-state index is 6.16. The number of nitrogens with zero attached hydrogens (tertiary/aromatic N) is 3. The first-order chi connectivity index (χ1) is 11.5. The van der Waals surface area contributed by atoms with Crippen molar-refractivity contribution in [2.24, 2.45) is 0 Å². The highest BCUT2D eigenvalue weighted by atomic mass is 16.5. The van der Waals surface area contributed by atoms with Crippen LogP contribution in [0.25, 0.3) is 0 Å². The van der Waals surface area contributed by atoms with E-state index >= 15 is 0 Å². The summed E-state index contributed by atoms with van der Waals surface area (Å²) in [6.45, 7) is 8.96. The van der Waals surface area contributed by atoms with E-state index in [0.29, 0.717) is 24.9 Å². The van der Waals surface area contributed by atoms with Crippen LogP contribution in [0.2, 0.25) is 0 Å².